The third kappa shape index (κ3) is 5.98. The van der Waals surface area contributed by atoms with Crippen LogP contribution in [0.4, 0.5) is 5.69 Å². The molecule has 5 nitrogen and oxygen atoms in total. The van der Waals surface area contributed by atoms with Crippen molar-refractivity contribution in [3.63, 3.8) is 0 Å². The largest absolute Gasteiger partial charge is 0.493 e. The molecule has 0 aromatic heterocycles. The lowest BCUT2D eigenvalue weighted by atomic mass is 10.0. The molecule has 0 saturated heterocycles. The lowest BCUT2D eigenvalue weighted by molar-refractivity contribution is -0.112. The van der Waals surface area contributed by atoms with E-state index in [0.29, 0.717) is 34.4 Å². The maximum absolute atomic E-state index is 12.7. The molecule has 0 aliphatic carbocycles. The van der Waals surface area contributed by atoms with Crippen LogP contribution in [0.1, 0.15) is 33.4 Å². The Morgan fingerprint density at radius 2 is 1.71 bits per heavy atom. The molecule has 0 atom stereocenters. The van der Waals surface area contributed by atoms with Gasteiger partial charge >= 0.3 is 0 Å². The molecular formula is C28H27ClN2O3. The summed E-state index contributed by atoms with van der Waals surface area (Å²) in [6, 6.07) is 16.7. The number of rotatable bonds is 7. The van der Waals surface area contributed by atoms with E-state index in [4.69, 9.17) is 21.1 Å². The second-order valence-electron chi connectivity index (χ2n) is 8.16. The molecule has 1 amide bonds. The molecule has 0 fully saturated rings. The molecule has 34 heavy (non-hydrogen) atoms. The predicted molar refractivity (Wildman–Crippen MR) is 136 cm³/mol. The summed E-state index contributed by atoms with van der Waals surface area (Å²) in [4.78, 5) is 12.7. The van der Waals surface area contributed by atoms with E-state index in [-0.39, 0.29) is 5.57 Å². The summed E-state index contributed by atoms with van der Waals surface area (Å²) in [7, 11) is 1.55. The summed E-state index contributed by atoms with van der Waals surface area (Å²) >= 11 is 5.97. The van der Waals surface area contributed by atoms with Gasteiger partial charge in [0.25, 0.3) is 5.91 Å². The van der Waals surface area contributed by atoms with Crippen molar-refractivity contribution in [3.05, 3.63) is 92.5 Å². The standard InChI is InChI=1S/C28H27ClN2O3/c1-17-10-18(2)24(19(3)11-17)16-34-26-9-6-21(14-27(26)33-5)13-22(15-30)28(32)31-25-8-7-23(29)12-20(25)4/h6-14H,16H2,1-5H3,(H,31,32)/b22-13+. The van der Waals surface area contributed by atoms with E-state index in [1.807, 2.05) is 13.0 Å². The lowest BCUT2D eigenvalue weighted by Gasteiger charge is -2.15. The molecule has 6 heteroatoms. The molecule has 0 radical (unpaired) electrons. The van der Waals surface area contributed by atoms with Crippen LogP contribution in [0.15, 0.2) is 54.1 Å². The normalized spacial score (nSPS) is 11.0. The molecule has 0 aliphatic heterocycles. The second kappa shape index (κ2) is 10.9. The Morgan fingerprint density at radius 3 is 2.32 bits per heavy atom. The van der Waals surface area contributed by atoms with E-state index in [0.717, 1.165) is 11.1 Å². The van der Waals surface area contributed by atoms with Gasteiger partial charge in [-0.05, 0) is 91.9 Å². The van der Waals surface area contributed by atoms with Gasteiger partial charge in [0, 0.05) is 10.7 Å². The SMILES string of the molecule is COc1cc(/C=C(\C#N)C(=O)Nc2ccc(Cl)cc2C)ccc1OCc1c(C)cc(C)cc1C. The molecule has 0 saturated carbocycles. The number of benzene rings is 3. The monoisotopic (exact) mass is 474 g/mol. The highest BCUT2D eigenvalue weighted by Gasteiger charge is 2.13. The fraction of sp³-hybridized carbons (Fsp3) is 0.214. The van der Waals surface area contributed by atoms with Crippen LogP contribution in [0.2, 0.25) is 5.02 Å². The van der Waals surface area contributed by atoms with Gasteiger partial charge in [-0.2, -0.15) is 5.26 Å². The summed E-state index contributed by atoms with van der Waals surface area (Å²) < 4.78 is 11.6. The first-order valence-corrected chi connectivity index (χ1v) is 11.2. The average Bonchev–Trinajstić information content (AvgIpc) is 2.79. The van der Waals surface area contributed by atoms with Crippen LogP contribution in [0, 0.1) is 39.0 Å². The van der Waals surface area contributed by atoms with Gasteiger partial charge in [0.15, 0.2) is 11.5 Å². The van der Waals surface area contributed by atoms with E-state index >= 15 is 0 Å². The maximum atomic E-state index is 12.7. The molecule has 0 bridgehead atoms. The first-order chi connectivity index (χ1) is 16.2. The number of ether oxygens (including phenoxy) is 2. The van der Waals surface area contributed by atoms with Crippen LogP contribution in [0.25, 0.3) is 6.08 Å². The number of hydrogen-bond acceptors (Lipinski definition) is 4. The van der Waals surface area contributed by atoms with Crippen molar-refractivity contribution in [3.8, 4) is 17.6 Å². The predicted octanol–water partition coefficient (Wildman–Crippen LogP) is 6.71. The summed E-state index contributed by atoms with van der Waals surface area (Å²) in [6.45, 7) is 8.47. The van der Waals surface area contributed by atoms with Gasteiger partial charge in [0.2, 0.25) is 0 Å². The van der Waals surface area contributed by atoms with Crippen LogP contribution < -0.4 is 14.8 Å². The Morgan fingerprint density at radius 1 is 1.00 bits per heavy atom. The van der Waals surface area contributed by atoms with E-state index in [9.17, 15) is 10.1 Å². The van der Waals surface area contributed by atoms with Crippen LogP contribution in [0.5, 0.6) is 11.5 Å². The van der Waals surface area contributed by atoms with Gasteiger partial charge in [-0.25, -0.2) is 0 Å². The number of amides is 1. The van der Waals surface area contributed by atoms with Crippen molar-refractivity contribution in [2.24, 2.45) is 0 Å². The van der Waals surface area contributed by atoms with Crippen molar-refractivity contribution in [1.82, 2.24) is 0 Å². The number of halogens is 1. The van der Waals surface area contributed by atoms with Crippen molar-refractivity contribution < 1.29 is 14.3 Å². The van der Waals surface area contributed by atoms with Crippen LogP contribution in [-0.4, -0.2) is 13.0 Å². The number of hydrogen-bond donors (Lipinski definition) is 1. The molecular weight excluding hydrogens is 448 g/mol. The quantitative estimate of drug-likeness (QED) is 0.305. The van der Waals surface area contributed by atoms with Gasteiger partial charge in [-0.1, -0.05) is 35.4 Å². The van der Waals surface area contributed by atoms with Gasteiger partial charge < -0.3 is 14.8 Å². The summed E-state index contributed by atoms with van der Waals surface area (Å²) in [6.07, 6.45) is 1.52. The number of carbonyl (C=O) groups excluding carboxylic acids is 1. The summed E-state index contributed by atoms with van der Waals surface area (Å²) in [5.74, 6) is 0.596. The topological polar surface area (TPSA) is 71.3 Å². The molecule has 0 spiro atoms. The van der Waals surface area contributed by atoms with Gasteiger partial charge in [-0.3, -0.25) is 4.79 Å². The van der Waals surface area contributed by atoms with Gasteiger partial charge in [0.1, 0.15) is 18.2 Å². The highest BCUT2D eigenvalue weighted by Crippen LogP contribution is 2.31. The lowest BCUT2D eigenvalue weighted by Crippen LogP contribution is -2.14. The maximum Gasteiger partial charge on any atom is 0.266 e. The number of methoxy groups -OCH3 is 1. The van der Waals surface area contributed by atoms with Crippen LogP contribution in [0.3, 0.4) is 0 Å². The summed E-state index contributed by atoms with van der Waals surface area (Å²) in [5, 5.41) is 12.9. The molecule has 1 N–H and O–H groups in total. The molecule has 3 aromatic carbocycles. The minimum atomic E-state index is -0.502. The number of nitriles is 1. The minimum Gasteiger partial charge on any atom is -0.493 e. The summed E-state index contributed by atoms with van der Waals surface area (Å²) in [5.41, 5.74) is 6.73. The molecule has 0 aliphatic rings. The third-order valence-corrected chi connectivity index (χ3v) is 5.75. The Kier molecular flexibility index (Phi) is 7.99. The number of nitrogens with zero attached hydrogens (tertiary/aromatic N) is 1. The fourth-order valence-electron chi connectivity index (χ4n) is 3.75. The zero-order valence-electron chi connectivity index (χ0n) is 20.0. The van der Waals surface area contributed by atoms with E-state index in [2.05, 4.69) is 38.2 Å². The fourth-order valence-corrected chi connectivity index (χ4v) is 3.98. The average molecular weight is 475 g/mol. The first-order valence-electron chi connectivity index (χ1n) is 10.8. The van der Waals surface area contributed by atoms with Gasteiger partial charge in [0.05, 0.1) is 7.11 Å². The Hall–Kier alpha value is -3.75. The Balaban J connectivity index is 1.79. The zero-order chi connectivity index (χ0) is 24.8. The van der Waals surface area contributed by atoms with Crippen molar-refractivity contribution in [2.75, 3.05) is 12.4 Å². The van der Waals surface area contributed by atoms with Gasteiger partial charge in [-0.15, -0.1) is 0 Å². The highest BCUT2D eigenvalue weighted by molar-refractivity contribution is 6.30. The Bertz CT molecular complexity index is 1280. The third-order valence-electron chi connectivity index (χ3n) is 5.51. The first kappa shape index (κ1) is 24.9. The molecule has 174 valence electrons. The van der Waals surface area contributed by atoms with Crippen molar-refractivity contribution in [1.29, 1.82) is 5.26 Å². The Labute approximate surface area is 205 Å². The van der Waals surface area contributed by atoms with E-state index < -0.39 is 5.91 Å². The van der Waals surface area contributed by atoms with Crippen molar-refractivity contribution >= 4 is 29.3 Å². The smallest absolute Gasteiger partial charge is 0.266 e. The van der Waals surface area contributed by atoms with E-state index in [1.54, 1.807) is 43.5 Å². The second-order valence-corrected chi connectivity index (χ2v) is 8.60. The number of anilines is 1. The van der Waals surface area contributed by atoms with E-state index in [1.165, 1.54) is 22.8 Å². The molecule has 0 heterocycles. The molecule has 0 unspecified atom stereocenters. The highest BCUT2D eigenvalue weighted by atomic mass is 35.5. The molecule has 3 aromatic rings. The van der Waals surface area contributed by atoms with Crippen LogP contribution >= 0.6 is 11.6 Å². The van der Waals surface area contributed by atoms with Crippen LogP contribution in [-0.2, 0) is 11.4 Å². The molecule has 3 rings (SSSR count). The number of aryl methyl sites for hydroxylation is 4. The number of carbonyl (C=O) groups is 1. The zero-order valence-corrected chi connectivity index (χ0v) is 20.7. The minimum absolute atomic E-state index is 0.0315. The van der Waals surface area contributed by atoms with Crippen molar-refractivity contribution in [2.45, 2.75) is 34.3 Å². The number of nitrogens with one attached hydrogen (secondary N) is 1.